The maximum absolute atomic E-state index is 9.82. The molecule has 0 rings (SSSR count). The van der Waals surface area contributed by atoms with Crippen LogP contribution in [0.3, 0.4) is 0 Å². The molecule has 0 unspecified atom stereocenters. The Hall–Kier alpha value is -0.460. The van der Waals surface area contributed by atoms with E-state index in [0.717, 1.165) is 12.8 Å². The van der Waals surface area contributed by atoms with E-state index in [2.05, 4.69) is 11.7 Å². The van der Waals surface area contributed by atoms with Crippen molar-refractivity contribution < 1.29 is 33.9 Å². The van der Waals surface area contributed by atoms with Gasteiger partial charge in [0, 0.05) is 13.5 Å². The Kier molecular flexibility index (Phi) is 19.0. The number of carbonyl (C=O) groups excluding carboxylic acids is 1. The Bertz CT molecular complexity index is 179. The highest BCUT2D eigenvalue weighted by Crippen LogP contribution is 2.25. The van der Waals surface area contributed by atoms with Crippen LogP contribution in [0.5, 0.6) is 0 Å². The van der Waals surface area contributed by atoms with Crippen LogP contribution in [0, 0.1) is 0 Å². The predicted octanol–water partition coefficient (Wildman–Crippen LogP) is 0.420. The summed E-state index contributed by atoms with van der Waals surface area (Å²) < 4.78 is 13.3. The van der Waals surface area contributed by atoms with Gasteiger partial charge in [-0.3, -0.25) is 4.79 Å². The molecule has 0 bridgehead atoms. The molecule has 0 saturated carbocycles. The van der Waals surface area contributed by atoms with E-state index in [1.165, 1.54) is 6.92 Å². The predicted molar refractivity (Wildman–Crippen MR) is 58.6 cm³/mol. The van der Waals surface area contributed by atoms with E-state index in [1.807, 2.05) is 0 Å². The van der Waals surface area contributed by atoms with Gasteiger partial charge in [-0.1, -0.05) is 13.3 Å². The molecule has 0 spiro atoms. The smallest absolute Gasteiger partial charge is 0.466 e. The molecular weight excluding hydrogens is 239 g/mol. The molecule has 4 N–H and O–H groups in total. The average molecular weight is 260 g/mol. The minimum atomic E-state index is -4.64. The second-order valence-corrected chi connectivity index (χ2v) is 3.54. The molecule has 0 aliphatic rings. The highest BCUT2D eigenvalue weighted by Gasteiger charge is 2.00. The summed E-state index contributed by atoms with van der Waals surface area (Å²) in [5.74, 6) is -0.211. The first kappa shape index (κ1) is 20.9. The first-order valence-electron chi connectivity index (χ1n) is 4.71. The Balaban J connectivity index is -0.000000160. The molecule has 0 aromatic carbocycles. The number of carbonyl (C=O) groups is 1. The van der Waals surface area contributed by atoms with E-state index in [4.69, 9.17) is 24.4 Å². The maximum atomic E-state index is 9.82. The fourth-order valence-electron chi connectivity index (χ4n) is 0.361. The SMILES string of the molecule is CCCCO.CCOC(C)=O.O=P(O)(O)O. The van der Waals surface area contributed by atoms with E-state index < -0.39 is 7.82 Å². The Labute approximate surface area is 95.3 Å². The van der Waals surface area contributed by atoms with Crippen LogP contribution >= 0.6 is 7.82 Å². The number of aliphatic hydroxyl groups excluding tert-OH is 1. The Morgan fingerprint density at radius 1 is 1.25 bits per heavy atom. The number of phosphoric acid groups is 1. The summed E-state index contributed by atoms with van der Waals surface area (Å²) in [6.45, 7) is 6.05. The van der Waals surface area contributed by atoms with E-state index in [0.29, 0.717) is 13.2 Å². The van der Waals surface area contributed by atoms with Crippen molar-refractivity contribution in [3.8, 4) is 0 Å². The number of hydrogen-bond donors (Lipinski definition) is 4. The summed E-state index contributed by atoms with van der Waals surface area (Å²) in [5.41, 5.74) is 0. The van der Waals surface area contributed by atoms with E-state index in [1.54, 1.807) is 6.92 Å². The van der Waals surface area contributed by atoms with Crippen molar-refractivity contribution in [1.82, 2.24) is 0 Å². The second kappa shape index (κ2) is 14.5. The van der Waals surface area contributed by atoms with Gasteiger partial charge in [0.15, 0.2) is 0 Å². The van der Waals surface area contributed by atoms with Gasteiger partial charge in [-0.15, -0.1) is 0 Å². The zero-order valence-corrected chi connectivity index (χ0v) is 10.7. The van der Waals surface area contributed by atoms with Crippen LogP contribution in [0.2, 0.25) is 0 Å². The van der Waals surface area contributed by atoms with Gasteiger partial charge in [-0.25, -0.2) is 4.57 Å². The van der Waals surface area contributed by atoms with Crippen molar-refractivity contribution in [2.24, 2.45) is 0 Å². The third-order valence-electron chi connectivity index (χ3n) is 0.859. The summed E-state index contributed by atoms with van der Waals surface area (Å²) in [4.78, 5) is 31.4. The molecule has 0 aliphatic carbocycles. The lowest BCUT2D eigenvalue weighted by molar-refractivity contribution is -0.140. The van der Waals surface area contributed by atoms with Crippen molar-refractivity contribution in [3.63, 3.8) is 0 Å². The summed E-state index contributed by atoms with van der Waals surface area (Å²) in [5, 5.41) is 8.07. The third kappa shape index (κ3) is 103. The Morgan fingerprint density at radius 2 is 1.62 bits per heavy atom. The van der Waals surface area contributed by atoms with E-state index in [-0.39, 0.29) is 5.97 Å². The minimum absolute atomic E-state index is 0.211. The highest BCUT2D eigenvalue weighted by atomic mass is 31.2. The van der Waals surface area contributed by atoms with Crippen molar-refractivity contribution in [1.29, 1.82) is 0 Å². The van der Waals surface area contributed by atoms with Crippen molar-refractivity contribution in [2.75, 3.05) is 13.2 Å². The van der Waals surface area contributed by atoms with Crippen LogP contribution in [0.1, 0.15) is 33.6 Å². The van der Waals surface area contributed by atoms with Crippen molar-refractivity contribution in [2.45, 2.75) is 33.6 Å². The zero-order valence-electron chi connectivity index (χ0n) is 9.79. The molecule has 8 heteroatoms. The lowest BCUT2D eigenvalue weighted by Crippen LogP contribution is -1.95. The van der Waals surface area contributed by atoms with Crippen LogP contribution in [0.4, 0.5) is 0 Å². The van der Waals surface area contributed by atoms with E-state index >= 15 is 0 Å². The topological polar surface area (TPSA) is 124 Å². The molecule has 0 heterocycles. The first-order valence-corrected chi connectivity index (χ1v) is 6.28. The average Bonchev–Trinajstić information content (AvgIpc) is 2.03. The molecule has 0 aliphatic heterocycles. The van der Waals surface area contributed by atoms with Gasteiger partial charge in [0.2, 0.25) is 0 Å². The van der Waals surface area contributed by atoms with Gasteiger partial charge in [0.05, 0.1) is 6.61 Å². The molecule has 0 saturated heterocycles. The Morgan fingerprint density at radius 3 is 1.62 bits per heavy atom. The van der Waals surface area contributed by atoms with Crippen molar-refractivity contribution >= 4 is 13.8 Å². The molecule has 0 aromatic rings. The molecule has 0 amide bonds. The number of unbranched alkanes of at least 4 members (excludes halogenated alkanes) is 1. The number of aliphatic hydroxyl groups is 1. The molecule has 0 aromatic heterocycles. The second-order valence-electron chi connectivity index (χ2n) is 2.52. The van der Waals surface area contributed by atoms with Gasteiger partial charge in [-0.2, -0.15) is 0 Å². The third-order valence-corrected chi connectivity index (χ3v) is 0.859. The fraction of sp³-hybridized carbons (Fsp3) is 0.875. The van der Waals surface area contributed by atoms with Gasteiger partial charge in [-0.05, 0) is 13.3 Å². The number of ether oxygens (including phenoxy) is 1. The minimum Gasteiger partial charge on any atom is -0.466 e. The van der Waals surface area contributed by atoms with Crippen LogP contribution in [-0.4, -0.2) is 39.0 Å². The van der Waals surface area contributed by atoms with Crippen LogP contribution in [0.25, 0.3) is 0 Å². The summed E-state index contributed by atoms with van der Waals surface area (Å²) in [6, 6.07) is 0. The molecule has 0 fully saturated rings. The number of hydrogen-bond acceptors (Lipinski definition) is 4. The maximum Gasteiger partial charge on any atom is 0.466 e. The lowest BCUT2D eigenvalue weighted by atomic mass is 10.4. The van der Waals surface area contributed by atoms with E-state index in [9.17, 15) is 4.79 Å². The van der Waals surface area contributed by atoms with Gasteiger partial charge >= 0.3 is 13.8 Å². The highest BCUT2D eigenvalue weighted by molar-refractivity contribution is 7.45. The molecule has 7 nitrogen and oxygen atoms in total. The van der Waals surface area contributed by atoms with Crippen molar-refractivity contribution in [3.05, 3.63) is 0 Å². The molecular formula is C8H21O7P. The standard InChI is InChI=1S/C4H8O2.C4H10O.H3O4P/c1-3-6-4(2)5;1-2-3-4-5;1-5(2,3)4/h3H2,1-2H3;5H,2-4H2,1H3;(H3,1,2,3,4). The number of esters is 1. The van der Waals surface area contributed by atoms with Crippen LogP contribution < -0.4 is 0 Å². The van der Waals surface area contributed by atoms with Gasteiger partial charge < -0.3 is 24.5 Å². The quantitative estimate of drug-likeness (QED) is 0.428. The molecule has 0 radical (unpaired) electrons. The normalized spacial score (nSPS) is 9.19. The first-order chi connectivity index (χ1) is 7.18. The van der Waals surface area contributed by atoms with Gasteiger partial charge in [0.25, 0.3) is 0 Å². The summed E-state index contributed by atoms with van der Waals surface area (Å²) in [6.07, 6.45) is 2.04. The fourth-order valence-corrected chi connectivity index (χ4v) is 0.361. The molecule has 100 valence electrons. The molecule has 16 heavy (non-hydrogen) atoms. The summed E-state index contributed by atoms with van der Waals surface area (Å²) >= 11 is 0. The number of rotatable bonds is 3. The van der Waals surface area contributed by atoms with Crippen LogP contribution in [0.15, 0.2) is 0 Å². The van der Waals surface area contributed by atoms with Gasteiger partial charge in [0.1, 0.15) is 0 Å². The summed E-state index contributed by atoms with van der Waals surface area (Å²) in [7, 11) is -4.64. The zero-order chi connectivity index (χ0) is 13.6. The largest absolute Gasteiger partial charge is 0.466 e. The van der Waals surface area contributed by atoms with Crippen LogP contribution in [-0.2, 0) is 14.1 Å². The molecule has 0 atom stereocenters. The monoisotopic (exact) mass is 260 g/mol. The lowest BCUT2D eigenvalue weighted by Gasteiger charge is -1.89.